The molecule has 9 heteroatoms. The van der Waals surface area contributed by atoms with Crippen molar-refractivity contribution in [1.82, 2.24) is 15.1 Å². The number of carbonyl (C=O) groups excluding carboxylic acids is 2. The minimum Gasteiger partial charge on any atom is -0.507 e. The van der Waals surface area contributed by atoms with Crippen LogP contribution in [0.15, 0.2) is 42.5 Å². The third-order valence-electron chi connectivity index (χ3n) is 7.70. The minimum absolute atomic E-state index is 0.0125. The highest BCUT2D eigenvalue weighted by Crippen LogP contribution is 2.29. The van der Waals surface area contributed by atoms with Crippen molar-refractivity contribution in [2.75, 3.05) is 26.2 Å². The van der Waals surface area contributed by atoms with Gasteiger partial charge in [0.15, 0.2) is 0 Å². The molecule has 2 aromatic carbocycles. The molecular weight excluding hydrogens is 495 g/mol. The number of hydrogen-bond acceptors (Lipinski definition) is 4. The third kappa shape index (κ3) is 7.28. The van der Waals surface area contributed by atoms with Gasteiger partial charge in [0.2, 0.25) is 5.91 Å². The van der Waals surface area contributed by atoms with Crippen LogP contribution in [0.5, 0.6) is 5.75 Å². The van der Waals surface area contributed by atoms with Crippen molar-refractivity contribution in [3.8, 4) is 5.75 Å². The number of piperidine rings is 2. The fourth-order valence-electron chi connectivity index (χ4n) is 5.45. The zero-order chi connectivity index (χ0) is 27.3. The average Bonchev–Trinajstić information content (AvgIpc) is 2.89. The predicted molar refractivity (Wildman–Crippen MR) is 139 cm³/mol. The molecule has 2 saturated heterocycles. The molecule has 0 spiro atoms. The van der Waals surface area contributed by atoms with Crippen LogP contribution in [-0.4, -0.2) is 65.0 Å². The largest absolute Gasteiger partial charge is 0.507 e. The summed E-state index contributed by atoms with van der Waals surface area (Å²) in [6.45, 7) is 4.99. The number of phenolic OH excluding ortho intramolecular Hbond substituents is 1. The van der Waals surface area contributed by atoms with Gasteiger partial charge in [0.05, 0.1) is 11.1 Å². The first kappa shape index (κ1) is 28.0. The molecule has 2 aromatic rings. The summed E-state index contributed by atoms with van der Waals surface area (Å²) in [6.07, 6.45) is 0.699. The van der Waals surface area contributed by atoms with Crippen molar-refractivity contribution in [3.05, 3.63) is 64.7 Å². The number of nitrogens with zero attached hydrogens (tertiary/aromatic N) is 2. The fraction of sp³-hybridized carbons (Fsp3) is 0.517. The second-order valence-electron chi connectivity index (χ2n) is 10.5. The first-order valence-corrected chi connectivity index (χ1v) is 13.4. The molecule has 6 nitrogen and oxygen atoms in total. The van der Waals surface area contributed by atoms with E-state index < -0.39 is 11.7 Å². The van der Waals surface area contributed by atoms with E-state index in [2.05, 4.69) is 10.2 Å². The van der Waals surface area contributed by atoms with E-state index in [-0.39, 0.29) is 23.6 Å². The number of halogens is 3. The molecule has 0 bridgehead atoms. The molecule has 2 amide bonds. The summed E-state index contributed by atoms with van der Waals surface area (Å²) in [4.78, 5) is 29.5. The maximum Gasteiger partial charge on any atom is 0.416 e. The highest BCUT2D eigenvalue weighted by atomic mass is 19.4. The lowest BCUT2D eigenvalue weighted by atomic mass is 9.97. The SMILES string of the molecule is Cc1ccc(C(=O)N2CCC(N3CCC(NC(=O)CCCc4ccc(C(F)(F)F)cc4)CC3)CC2)c(O)c1. The Morgan fingerprint density at radius 2 is 1.63 bits per heavy atom. The molecule has 0 aliphatic carbocycles. The monoisotopic (exact) mass is 531 g/mol. The number of amides is 2. The van der Waals surface area contributed by atoms with Gasteiger partial charge < -0.3 is 20.2 Å². The number of nitrogens with one attached hydrogen (secondary N) is 1. The molecule has 0 radical (unpaired) electrons. The molecule has 38 heavy (non-hydrogen) atoms. The average molecular weight is 532 g/mol. The molecule has 0 aromatic heterocycles. The van der Waals surface area contributed by atoms with Crippen molar-refractivity contribution < 1.29 is 27.9 Å². The lowest BCUT2D eigenvalue weighted by Gasteiger charge is -2.42. The van der Waals surface area contributed by atoms with E-state index in [9.17, 15) is 27.9 Å². The molecule has 0 atom stereocenters. The van der Waals surface area contributed by atoms with Crippen LogP contribution in [0, 0.1) is 6.92 Å². The summed E-state index contributed by atoms with van der Waals surface area (Å²) >= 11 is 0. The van der Waals surface area contributed by atoms with E-state index in [0.717, 1.165) is 62.0 Å². The Morgan fingerprint density at radius 3 is 2.24 bits per heavy atom. The van der Waals surface area contributed by atoms with Crippen LogP contribution < -0.4 is 5.32 Å². The molecule has 206 valence electrons. The number of aromatic hydroxyl groups is 1. The lowest BCUT2D eigenvalue weighted by Crippen LogP contribution is -2.51. The van der Waals surface area contributed by atoms with Crippen LogP contribution in [0.4, 0.5) is 13.2 Å². The van der Waals surface area contributed by atoms with E-state index >= 15 is 0 Å². The first-order valence-electron chi connectivity index (χ1n) is 13.4. The maximum absolute atomic E-state index is 12.8. The summed E-state index contributed by atoms with van der Waals surface area (Å²) < 4.78 is 38.0. The van der Waals surface area contributed by atoms with Gasteiger partial charge in [-0.3, -0.25) is 9.59 Å². The van der Waals surface area contributed by atoms with E-state index in [1.165, 1.54) is 12.1 Å². The van der Waals surface area contributed by atoms with Crippen LogP contribution in [-0.2, 0) is 17.4 Å². The van der Waals surface area contributed by atoms with E-state index in [0.29, 0.717) is 44.0 Å². The highest BCUT2D eigenvalue weighted by Gasteiger charge is 2.31. The Kier molecular flexibility index (Phi) is 8.97. The van der Waals surface area contributed by atoms with E-state index in [4.69, 9.17) is 0 Å². The van der Waals surface area contributed by atoms with Gasteiger partial charge in [0, 0.05) is 44.7 Å². The van der Waals surface area contributed by atoms with Crippen LogP contribution in [0.25, 0.3) is 0 Å². The molecule has 2 aliphatic rings. The zero-order valence-corrected chi connectivity index (χ0v) is 21.8. The molecule has 2 aliphatic heterocycles. The topological polar surface area (TPSA) is 72.9 Å². The van der Waals surface area contributed by atoms with E-state index in [1.54, 1.807) is 12.1 Å². The van der Waals surface area contributed by atoms with Crippen LogP contribution in [0.1, 0.15) is 65.6 Å². The van der Waals surface area contributed by atoms with E-state index in [1.807, 2.05) is 17.9 Å². The fourth-order valence-corrected chi connectivity index (χ4v) is 5.45. The van der Waals surface area contributed by atoms with Gasteiger partial charge in [-0.25, -0.2) is 0 Å². The number of alkyl halides is 3. The van der Waals surface area contributed by atoms with Crippen molar-refractivity contribution in [2.45, 2.75) is 70.1 Å². The smallest absolute Gasteiger partial charge is 0.416 e. The number of hydrogen-bond donors (Lipinski definition) is 2. The Balaban J connectivity index is 1.13. The van der Waals surface area contributed by atoms with Gasteiger partial charge in [0.1, 0.15) is 5.75 Å². The van der Waals surface area contributed by atoms with Crippen molar-refractivity contribution in [3.63, 3.8) is 0 Å². The van der Waals surface area contributed by atoms with Crippen molar-refractivity contribution in [2.24, 2.45) is 0 Å². The van der Waals surface area contributed by atoms with Gasteiger partial charge in [0.25, 0.3) is 5.91 Å². The summed E-state index contributed by atoms with van der Waals surface area (Å²) in [6, 6.07) is 10.8. The Hall–Kier alpha value is -3.07. The number of likely N-dealkylation sites (tertiary alicyclic amines) is 2. The molecule has 2 N–H and O–H groups in total. The zero-order valence-electron chi connectivity index (χ0n) is 21.8. The molecule has 0 saturated carbocycles. The van der Waals surface area contributed by atoms with Gasteiger partial charge in [-0.05, 0) is 80.8 Å². The third-order valence-corrected chi connectivity index (χ3v) is 7.70. The number of rotatable bonds is 7. The second-order valence-corrected chi connectivity index (χ2v) is 10.5. The quantitative estimate of drug-likeness (QED) is 0.532. The minimum atomic E-state index is -4.34. The molecule has 2 heterocycles. The lowest BCUT2D eigenvalue weighted by molar-refractivity contribution is -0.137. The Bertz CT molecular complexity index is 1100. The summed E-state index contributed by atoms with van der Waals surface area (Å²) in [5.41, 5.74) is 1.40. The van der Waals surface area contributed by atoms with Crippen molar-refractivity contribution in [1.29, 1.82) is 0 Å². The summed E-state index contributed by atoms with van der Waals surface area (Å²) in [7, 11) is 0. The summed E-state index contributed by atoms with van der Waals surface area (Å²) in [5, 5.41) is 13.3. The van der Waals surface area contributed by atoms with Gasteiger partial charge in [-0.2, -0.15) is 13.2 Å². The Labute approximate surface area is 221 Å². The number of carbonyl (C=O) groups is 2. The van der Waals surface area contributed by atoms with Gasteiger partial charge in [-0.1, -0.05) is 18.2 Å². The second kappa shape index (κ2) is 12.2. The molecule has 4 rings (SSSR count). The van der Waals surface area contributed by atoms with Crippen LogP contribution in [0.3, 0.4) is 0 Å². The molecular formula is C29H36F3N3O3. The first-order chi connectivity index (χ1) is 18.1. The number of phenols is 1. The van der Waals surface area contributed by atoms with Crippen LogP contribution >= 0.6 is 0 Å². The van der Waals surface area contributed by atoms with Crippen LogP contribution in [0.2, 0.25) is 0 Å². The molecule has 2 fully saturated rings. The molecule has 0 unspecified atom stereocenters. The van der Waals surface area contributed by atoms with Gasteiger partial charge >= 0.3 is 6.18 Å². The highest BCUT2D eigenvalue weighted by molar-refractivity contribution is 5.97. The standard InChI is InChI=1S/C29H36F3N3O3/c1-20-5-10-25(26(36)19-20)28(38)35-17-13-24(14-18-35)34-15-11-23(12-16-34)33-27(37)4-2-3-21-6-8-22(9-7-21)29(30,31)32/h5-10,19,23-24,36H,2-4,11-18H2,1H3,(H,33,37). The van der Waals surface area contributed by atoms with Crippen molar-refractivity contribution >= 4 is 11.8 Å². The Morgan fingerprint density at radius 1 is 0.974 bits per heavy atom. The predicted octanol–water partition coefficient (Wildman–Crippen LogP) is 4.93. The normalized spacial score (nSPS) is 17.9. The maximum atomic E-state index is 12.8. The number of aryl methyl sites for hydroxylation is 2. The number of benzene rings is 2. The summed E-state index contributed by atoms with van der Waals surface area (Å²) in [5.74, 6) is -0.108. The van der Waals surface area contributed by atoms with Gasteiger partial charge in [-0.15, -0.1) is 0 Å².